The lowest BCUT2D eigenvalue weighted by Gasteiger charge is -2.17. The molecule has 3 aromatic rings. The third-order valence-corrected chi connectivity index (χ3v) is 4.25. The molecule has 6 heteroatoms. The van der Waals surface area contributed by atoms with Gasteiger partial charge in [-0.2, -0.15) is 0 Å². The first-order valence-electron chi connectivity index (χ1n) is 6.22. The largest absolute Gasteiger partial charge is 0.374 e. The van der Waals surface area contributed by atoms with Gasteiger partial charge >= 0.3 is 0 Å². The van der Waals surface area contributed by atoms with Crippen LogP contribution in [-0.4, -0.2) is 15.0 Å². The van der Waals surface area contributed by atoms with E-state index < -0.39 is 0 Å². The molecule has 0 amide bonds. The molecular weight excluding hydrogens is 292 g/mol. The van der Waals surface area contributed by atoms with Crippen LogP contribution in [0.4, 0.5) is 5.69 Å². The lowest BCUT2D eigenvalue weighted by atomic mass is 10.1. The fourth-order valence-corrected chi connectivity index (χ4v) is 3.06. The molecule has 0 bridgehead atoms. The number of nitrogens with one attached hydrogen (secondary N) is 1. The molecule has 1 aromatic carbocycles. The number of hydrogen-bond donors (Lipinski definition) is 1. The van der Waals surface area contributed by atoms with Crippen molar-refractivity contribution in [2.75, 3.05) is 5.32 Å². The quantitative estimate of drug-likeness (QED) is 0.787. The van der Waals surface area contributed by atoms with Crippen molar-refractivity contribution in [3.63, 3.8) is 0 Å². The van der Waals surface area contributed by atoms with Crippen LogP contribution >= 0.6 is 22.9 Å². The number of hydrogen-bond acceptors (Lipinski definition) is 5. The maximum absolute atomic E-state index is 6.30. The van der Waals surface area contributed by atoms with Crippen LogP contribution in [0.3, 0.4) is 0 Å². The van der Waals surface area contributed by atoms with Gasteiger partial charge < -0.3 is 5.32 Å². The van der Waals surface area contributed by atoms with Gasteiger partial charge in [0, 0.05) is 12.4 Å². The highest BCUT2D eigenvalue weighted by Gasteiger charge is 2.15. The van der Waals surface area contributed by atoms with Crippen LogP contribution in [0.5, 0.6) is 0 Å². The number of aromatic nitrogens is 3. The molecule has 102 valence electrons. The highest BCUT2D eigenvalue weighted by molar-refractivity contribution is 7.16. The van der Waals surface area contributed by atoms with E-state index in [0.29, 0.717) is 5.02 Å². The van der Waals surface area contributed by atoms with Gasteiger partial charge in [0.15, 0.2) is 0 Å². The van der Waals surface area contributed by atoms with E-state index in [0.717, 1.165) is 27.3 Å². The number of nitrogens with zero attached hydrogens (tertiary/aromatic N) is 3. The molecule has 0 aliphatic carbocycles. The van der Waals surface area contributed by atoms with Crippen molar-refractivity contribution >= 4 is 38.8 Å². The maximum Gasteiger partial charge on any atom is 0.106 e. The van der Waals surface area contributed by atoms with Crippen molar-refractivity contribution in [1.29, 1.82) is 0 Å². The molecule has 3 rings (SSSR count). The zero-order chi connectivity index (χ0) is 14.1. The minimum absolute atomic E-state index is 0.00787. The standard InChI is InChI=1S/C14H13ClN4S/c1-8-12(17-6-5-16-8)9(2)19-13-10(15)3-4-11-14(13)18-7-20-11/h3-7,9,19H,1-2H3. The predicted molar refractivity (Wildman–Crippen MR) is 83.4 cm³/mol. The van der Waals surface area contributed by atoms with Crippen LogP contribution in [0.15, 0.2) is 30.0 Å². The first kappa shape index (κ1) is 13.3. The zero-order valence-corrected chi connectivity index (χ0v) is 12.7. The van der Waals surface area contributed by atoms with E-state index in [1.807, 2.05) is 31.5 Å². The predicted octanol–water partition coefficient (Wildman–Crippen LogP) is 4.22. The van der Waals surface area contributed by atoms with Gasteiger partial charge in [0.25, 0.3) is 0 Å². The van der Waals surface area contributed by atoms with Crippen LogP contribution < -0.4 is 5.32 Å². The fourth-order valence-electron chi connectivity index (χ4n) is 2.17. The maximum atomic E-state index is 6.30. The summed E-state index contributed by atoms with van der Waals surface area (Å²) in [5, 5.41) is 4.07. The number of anilines is 1. The van der Waals surface area contributed by atoms with Gasteiger partial charge in [-0.3, -0.25) is 9.97 Å². The highest BCUT2D eigenvalue weighted by Crippen LogP contribution is 2.34. The van der Waals surface area contributed by atoms with Crippen molar-refractivity contribution in [3.05, 3.63) is 46.4 Å². The molecular formula is C14H13ClN4S. The molecule has 0 saturated heterocycles. The Kier molecular flexibility index (Phi) is 3.54. The average molecular weight is 305 g/mol. The van der Waals surface area contributed by atoms with E-state index in [1.54, 1.807) is 23.7 Å². The van der Waals surface area contributed by atoms with Gasteiger partial charge in [0.05, 0.1) is 38.4 Å². The average Bonchev–Trinajstić information content (AvgIpc) is 2.91. The van der Waals surface area contributed by atoms with Gasteiger partial charge in [-0.1, -0.05) is 11.6 Å². The molecule has 0 radical (unpaired) electrons. The number of aryl methyl sites for hydroxylation is 1. The van der Waals surface area contributed by atoms with E-state index in [4.69, 9.17) is 11.6 Å². The van der Waals surface area contributed by atoms with Crippen LogP contribution in [0.1, 0.15) is 24.4 Å². The Labute approximate surface area is 125 Å². The Morgan fingerprint density at radius 1 is 1.20 bits per heavy atom. The molecule has 0 aliphatic rings. The Balaban J connectivity index is 1.99. The van der Waals surface area contributed by atoms with Crippen LogP contribution in [0.2, 0.25) is 5.02 Å². The lowest BCUT2D eigenvalue weighted by Crippen LogP contribution is -2.11. The molecule has 2 heterocycles. The van der Waals surface area contributed by atoms with Crippen molar-refractivity contribution in [1.82, 2.24) is 15.0 Å². The summed E-state index contributed by atoms with van der Waals surface area (Å²) in [6.45, 7) is 3.99. The van der Waals surface area contributed by atoms with Crippen molar-refractivity contribution in [2.45, 2.75) is 19.9 Å². The number of fused-ring (bicyclic) bond motifs is 1. The van der Waals surface area contributed by atoms with Crippen molar-refractivity contribution in [3.8, 4) is 0 Å². The summed E-state index contributed by atoms with van der Waals surface area (Å²) in [6, 6.07) is 3.88. The minimum Gasteiger partial charge on any atom is -0.374 e. The van der Waals surface area contributed by atoms with Crippen LogP contribution in [0.25, 0.3) is 10.2 Å². The van der Waals surface area contributed by atoms with Crippen LogP contribution in [-0.2, 0) is 0 Å². The Morgan fingerprint density at radius 2 is 2.00 bits per heavy atom. The molecule has 20 heavy (non-hydrogen) atoms. The second-order valence-electron chi connectivity index (χ2n) is 4.51. The Hall–Kier alpha value is -1.72. The lowest BCUT2D eigenvalue weighted by molar-refractivity contribution is 0.811. The zero-order valence-electron chi connectivity index (χ0n) is 11.1. The minimum atomic E-state index is 0.00787. The number of thiazole rings is 1. The molecule has 1 atom stereocenters. The van der Waals surface area contributed by atoms with E-state index in [-0.39, 0.29) is 6.04 Å². The van der Waals surface area contributed by atoms with E-state index >= 15 is 0 Å². The summed E-state index contributed by atoms with van der Waals surface area (Å²) in [4.78, 5) is 13.0. The molecule has 1 N–H and O–H groups in total. The van der Waals surface area contributed by atoms with Crippen molar-refractivity contribution < 1.29 is 0 Å². The molecule has 0 saturated carbocycles. The van der Waals surface area contributed by atoms with E-state index in [9.17, 15) is 0 Å². The summed E-state index contributed by atoms with van der Waals surface area (Å²) >= 11 is 7.90. The fraction of sp³-hybridized carbons (Fsp3) is 0.214. The van der Waals surface area contributed by atoms with E-state index in [1.165, 1.54) is 0 Å². The molecule has 0 spiro atoms. The summed E-state index contributed by atoms with van der Waals surface area (Å²) in [7, 11) is 0. The van der Waals surface area contributed by atoms with Crippen LogP contribution in [0, 0.1) is 6.92 Å². The third-order valence-electron chi connectivity index (χ3n) is 3.14. The highest BCUT2D eigenvalue weighted by atomic mass is 35.5. The summed E-state index contributed by atoms with van der Waals surface area (Å²) in [5.74, 6) is 0. The van der Waals surface area contributed by atoms with Crippen molar-refractivity contribution in [2.24, 2.45) is 0 Å². The topological polar surface area (TPSA) is 50.7 Å². The molecule has 1 unspecified atom stereocenters. The molecule has 0 fully saturated rings. The van der Waals surface area contributed by atoms with Gasteiger partial charge in [-0.05, 0) is 26.0 Å². The van der Waals surface area contributed by atoms with E-state index in [2.05, 4.69) is 20.3 Å². The summed E-state index contributed by atoms with van der Waals surface area (Å²) < 4.78 is 1.11. The summed E-state index contributed by atoms with van der Waals surface area (Å²) in [5.41, 5.74) is 5.40. The smallest absolute Gasteiger partial charge is 0.106 e. The monoisotopic (exact) mass is 304 g/mol. The normalized spacial score (nSPS) is 12.6. The SMILES string of the molecule is Cc1nccnc1C(C)Nc1c(Cl)ccc2scnc12. The first-order chi connectivity index (χ1) is 9.66. The molecule has 2 aromatic heterocycles. The number of halogens is 1. The second kappa shape index (κ2) is 5.34. The molecule has 4 nitrogen and oxygen atoms in total. The molecule has 0 aliphatic heterocycles. The van der Waals surface area contributed by atoms with Gasteiger partial charge in [-0.25, -0.2) is 4.98 Å². The third kappa shape index (κ3) is 2.34. The van der Waals surface area contributed by atoms with Gasteiger partial charge in [0.2, 0.25) is 0 Å². The van der Waals surface area contributed by atoms with Gasteiger partial charge in [-0.15, -0.1) is 11.3 Å². The summed E-state index contributed by atoms with van der Waals surface area (Å²) in [6.07, 6.45) is 3.39. The number of rotatable bonds is 3. The van der Waals surface area contributed by atoms with Gasteiger partial charge in [0.1, 0.15) is 5.52 Å². The Morgan fingerprint density at radius 3 is 2.80 bits per heavy atom. The first-order valence-corrected chi connectivity index (χ1v) is 7.48. The second-order valence-corrected chi connectivity index (χ2v) is 5.81. The Bertz CT molecular complexity index is 756. The number of benzene rings is 1.